The van der Waals surface area contributed by atoms with Crippen LogP contribution in [0.4, 0.5) is 45.5 Å². The zero-order valence-electron chi connectivity index (χ0n) is 46.8. The molecule has 15 rings (SSSR count). The average molecular weight is 1020 g/mol. The van der Waals surface area contributed by atoms with Gasteiger partial charge in [-0.05, 0) is 189 Å². The quantitative estimate of drug-likeness (QED) is 0.155. The van der Waals surface area contributed by atoms with E-state index >= 15 is 0 Å². The van der Waals surface area contributed by atoms with E-state index in [0.717, 1.165) is 51.8 Å². The fraction of sp³-hybridized carbons (Fsp3) is 0.189. The average Bonchev–Trinajstić information content (AvgIpc) is 3.49. The molecule has 0 amide bonds. The summed E-state index contributed by atoms with van der Waals surface area (Å²) in [6.07, 6.45) is 2.30. The molecule has 0 spiro atoms. The van der Waals surface area contributed by atoms with E-state index in [2.05, 4.69) is 277 Å². The summed E-state index contributed by atoms with van der Waals surface area (Å²) in [4.78, 5) is 7.98. The van der Waals surface area contributed by atoms with Crippen molar-refractivity contribution in [1.82, 2.24) is 0 Å². The molecule has 0 unspecified atom stereocenters. The minimum Gasteiger partial charge on any atom is -0.456 e. The summed E-state index contributed by atoms with van der Waals surface area (Å²) in [6, 6.07) is 75.4. The normalized spacial score (nSPS) is 15.8. The fourth-order valence-electron chi connectivity index (χ4n) is 14.6. The van der Waals surface area contributed by atoms with Crippen LogP contribution in [0.15, 0.2) is 205 Å². The Morgan fingerprint density at radius 1 is 0.443 bits per heavy atom. The van der Waals surface area contributed by atoms with Crippen LogP contribution in [-0.4, -0.2) is 6.85 Å². The summed E-state index contributed by atoms with van der Waals surface area (Å²) in [5.41, 5.74) is 30.2. The molecule has 10 aromatic carbocycles. The van der Waals surface area contributed by atoms with Crippen LogP contribution >= 0.6 is 0 Å². The largest absolute Gasteiger partial charge is 0.456 e. The van der Waals surface area contributed by atoms with Crippen LogP contribution < -0.4 is 25.5 Å². The predicted molar refractivity (Wildman–Crippen MR) is 335 cm³/mol. The highest BCUT2D eigenvalue weighted by molar-refractivity contribution is 6.94. The van der Waals surface area contributed by atoms with Crippen molar-refractivity contribution in [2.24, 2.45) is 0 Å². The van der Waals surface area contributed by atoms with Crippen LogP contribution in [0.2, 0.25) is 0 Å². The van der Waals surface area contributed by atoms with Gasteiger partial charge in [-0.1, -0.05) is 175 Å². The Bertz CT molecular complexity index is 4270. The van der Waals surface area contributed by atoms with Crippen LogP contribution in [0.1, 0.15) is 93.3 Å². The first-order valence-electron chi connectivity index (χ1n) is 28.4. The molecular weight excluding hydrogens is 958 g/mol. The van der Waals surface area contributed by atoms with E-state index in [1.807, 2.05) is 0 Å². The summed E-state index contributed by atoms with van der Waals surface area (Å²) in [5, 5.41) is 2.28. The van der Waals surface area contributed by atoms with Crippen molar-refractivity contribution >= 4 is 85.2 Å². The molecule has 0 fully saturated rings. The van der Waals surface area contributed by atoms with E-state index in [0.29, 0.717) is 0 Å². The van der Waals surface area contributed by atoms with Crippen LogP contribution in [0.25, 0.3) is 55.3 Å². The molecule has 1 aliphatic carbocycles. The number of fused-ring (bicyclic) bond motifs is 11. The van der Waals surface area contributed by atoms with Crippen molar-refractivity contribution in [1.29, 1.82) is 0 Å². The third-order valence-electron chi connectivity index (χ3n) is 18.8. The van der Waals surface area contributed by atoms with Crippen molar-refractivity contribution in [3.05, 3.63) is 239 Å². The van der Waals surface area contributed by atoms with Gasteiger partial charge in [0.25, 0.3) is 0 Å². The second-order valence-electron chi connectivity index (χ2n) is 24.9. The van der Waals surface area contributed by atoms with Gasteiger partial charge in [0, 0.05) is 56.2 Å². The van der Waals surface area contributed by atoms with E-state index < -0.39 is 0 Å². The molecule has 5 heteroatoms. The van der Waals surface area contributed by atoms with Gasteiger partial charge in [0.05, 0.1) is 11.1 Å². The summed E-state index contributed by atoms with van der Waals surface area (Å²) in [7, 11) is 0. The molecule has 4 nitrogen and oxygen atoms in total. The zero-order valence-corrected chi connectivity index (χ0v) is 46.8. The van der Waals surface area contributed by atoms with Gasteiger partial charge in [0.1, 0.15) is 11.2 Å². The van der Waals surface area contributed by atoms with Crippen molar-refractivity contribution in [3.63, 3.8) is 0 Å². The Morgan fingerprint density at radius 2 is 1.05 bits per heavy atom. The zero-order chi connectivity index (χ0) is 53.9. The van der Waals surface area contributed by atoms with Crippen LogP contribution in [0.3, 0.4) is 0 Å². The maximum absolute atomic E-state index is 6.92. The lowest BCUT2D eigenvalue weighted by molar-refractivity contribution is 0.332. The third-order valence-corrected chi connectivity index (χ3v) is 18.8. The van der Waals surface area contributed by atoms with Crippen LogP contribution in [0.5, 0.6) is 0 Å². The summed E-state index contributed by atoms with van der Waals surface area (Å²) >= 11 is 0. The first-order chi connectivity index (χ1) is 38.2. The van der Waals surface area contributed by atoms with Gasteiger partial charge < -0.3 is 19.0 Å². The summed E-state index contributed by atoms with van der Waals surface area (Å²) in [5.74, 6) is 0. The highest BCUT2D eigenvalue weighted by Gasteiger charge is 2.51. The number of benzene rings is 10. The number of nitrogens with zero attached hydrogens (tertiary/aromatic N) is 3. The molecule has 0 saturated carbocycles. The van der Waals surface area contributed by atoms with Crippen LogP contribution in [-0.2, 0) is 16.2 Å². The van der Waals surface area contributed by atoms with Gasteiger partial charge in [-0.3, -0.25) is 0 Å². The molecule has 1 aromatic heterocycles. The Balaban J connectivity index is 1.08. The molecular formula is C74H64BN3O. The number of anilines is 8. The Hall–Kier alpha value is -8.54. The second-order valence-corrected chi connectivity index (χ2v) is 24.9. The van der Waals surface area contributed by atoms with E-state index in [1.165, 1.54) is 112 Å². The van der Waals surface area contributed by atoms with Gasteiger partial charge in [0.2, 0.25) is 0 Å². The fourth-order valence-corrected chi connectivity index (χ4v) is 14.6. The first kappa shape index (κ1) is 47.7. The van der Waals surface area contributed by atoms with Gasteiger partial charge in [-0.15, -0.1) is 0 Å². The lowest BCUT2D eigenvalue weighted by Gasteiger charge is -2.51. The summed E-state index contributed by atoms with van der Waals surface area (Å²) < 4.78 is 6.92. The van der Waals surface area contributed by atoms with E-state index in [4.69, 9.17) is 4.42 Å². The molecule has 4 heterocycles. The molecule has 11 aromatic rings. The highest BCUT2D eigenvalue weighted by atomic mass is 16.3. The topological polar surface area (TPSA) is 22.9 Å². The molecule has 4 aliphatic rings. The number of hydrogen-bond acceptors (Lipinski definition) is 4. The first-order valence-corrected chi connectivity index (χ1v) is 28.4. The van der Waals surface area contributed by atoms with Gasteiger partial charge in [-0.2, -0.15) is 0 Å². The number of furan rings is 1. The Morgan fingerprint density at radius 3 is 1.72 bits per heavy atom. The number of aryl methyl sites for hydroxylation is 3. The molecule has 0 atom stereocenters. The lowest BCUT2D eigenvalue weighted by atomic mass is 9.42. The minimum absolute atomic E-state index is 0.000434. The maximum atomic E-state index is 6.92. The molecule has 0 N–H and O–H groups in total. The second kappa shape index (κ2) is 17.0. The number of rotatable bonds is 6. The monoisotopic (exact) mass is 1020 g/mol. The van der Waals surface area contributed by atoms with E-state index in [9.17, 15) is 0 Å². The predicted octanol–water partition coefficient (Wildman–Crippen LogP) is 19.0. The van der Waals surface area contributed by atoms with Crippen molar-refractivity contribution < 1.29 is 4.42 Å². The number of para-hydroxylation sites is 3. The van der Waals surface area contributed by atoms with E-state index in [1.54, 1.807) is 0 Å². The van der Waals surface area contributed by atoms with Crippen molar-refractivity contribution in [2.75, 3.05) is 14.6 Å². The smallest absolute Gasteiger partial charge is 0.333 e. The molecule has 0 bridgehead atoms. The van der Waals surface area contributed by atoms with Crippen molar-refractivity contribution in [2.45, 2.75) is 91.4 Å². The van der Waals surface area contributed by atoms with Gasteiger partial charge in [-0.25, -0.2) is 0 Å². The van der Waals surface area contributed by atoms with Gasteiger partial charge in [0.15, 0.2) is 0 Å². The molecule has 3 aliphatic heterocycles. The highest BCUT2D eigenvalue weighted by Crippen LogP contribution is 2.58. The lowest BCUT2D eigenvalue weighted by Crippen LogP contribution is -2.62. The van der Waals surface area contributed by atoms with Crippen LogP contribution in [0, 0.1) is 20.8 Å². The maximum Gasteiger partial charge on any atom is 0.333 e. The third kappa shape index (κ3) is 6.94. The summed E-state index contributed by atoms with van der Waals surface area (Å²) in [6.45, 7) is 21.4. The molecule has 384 valence electrons. The Labute approximate surface area is 465 Å². The van der Waals surface area contributed by atoms with Crippen molar-refractivity contribution in [3.8, 4) is 33.4 Å². The number of hydrogen-bond donors (Lipinski definition) is 0. The Kier molecular flexibility index (Phi) is 10.2. The molecule has 79 heavy (non-hydrogen) atoms. The molecule has 0 radical (unpaired) electrons. The minimum atomic E-state index is -0.277. The standard InChI is InChI=1S/C74H64BN3O/c1-45-39-50(48-21-12-10-13-22-48)31-34-61(45)76(62-35-32-51(40-46(62)2)49-23-14-11-15-24-49)52-42-55-53-33-36-67-68(54-25-16-19-30-66(54)79-67)70(53)78(64-44-59-58(41-47(64)3)72(4,5)37-38-73(59,6)7)75-60-28-20-27-57-71(60)77(65(43-52)69(55)75)63-29-18-17-26-56(63)74(57,8)9/h10-36,39-44H,37-38H2,1-9H3. The van der Waals surface area contributed by atoms with Gasteiger partial charge >= 0.3 is 6.85 Å². The molecule has 0 saturated heterocycles. The SMILES string of the molecule is Cc1cc2c(cc1N1B3c4cccc5c4N(c4ccccc4C5(C)C)c4cc(N(c5ccc(-c6ccccc6)cc5C)c5ccc(-c6ccccc6)cc5C)cc(c43)-c3ccc4oc5ccccc5c4c31)C(C)(C)CCC2(C)C. The van der Waals surface area contributed by atoms with E-state index in [-0.39, 0.29) is 23.1 Å².